The first-order valence-corrected chi connectivity index (χ1v) is 14.2. The molecule has 4 aliphatic rings. The molecule has 9 heteroatoms. The fraction of sp³-hybridized carbons (Fsp3) is 0.469. The van der Waals surface area contributed by atoms with Crippen LogP contribution in [0.5, 0.6) is 11.5 Å². The van der Waals surface area contributed by atoms with E-state index in [1.165, 1.54) is 24.3 Å². The quantitative estimate of drug-likeness (QED) is 0.382. The fourth-order valence-corrected chi connectivity index (χ4v) is 8.33. The van der Waals surface area contributed by atoms with Crippen LogP contribution in [0.25, 0.3) is 6.08 Å². The monoisotopic (exact) mass is 568 g/mol. The summed E-state index contributed by atoms with van der Waals surface area (Å²) in [6.45, 7) is 7.34. The van der Waals surface area contributed by atoms with Crippen LogP contribution in [0, 0.1) is 5.92 Å². The van der Waals surface area contributed by atoms with E-state index < -0.39 is 34.9 Å². The van der Waals surface area contributed by atoms with E-state index in [0.717, 1.165) is 23.3 Å². The Bertz CT molecular complexity index is 1420. The molecule has 1 amide bonds. The fourth-order valence-electron chi connectivity index (χ4n) is 8.33. The summed E-state index contributed by atoms with van der Waals surface area (Å²) in [5.41, 5.74) is -0.568. The Labute approximate surface area is 237 Å². The molecule has 2 aromatic carbocycles. The molecule has 2 aliphatic carbocycles. The number of halogens is 3. The summed E-state index contributed by atoms with van der Waals surface area (Å²) in [5.74, 6) is -0.116. The molecule has 2 aliphatic heterocycles. The van der Waals surface area contributed by atoms with Gasteiger partial charge in [0.25, 0.3) is 0 Å². The highest BCUT2D eigenvalue weighted by Gasteiger charge is 2.75. The third-order valence-electron chi connectivity index (χ3n) is 10.1. The minimum absolute atomic E-state index is 0.0204. The minimum atomic E-state index is -4.48. The normalized spacial score (nSPS) is 32.0. The maximum Gasteiger partial charge on any atom is 0.416 e. The number of hydrogen-bond donors (Lipinski definition) is 2. The minimum Gasteiger partial charge on any atom is -0.504 e. The smallest absolute Gasteiger partial charge is 0.416 e. The first-order chi connectivity index (χ1) is 19.5. The molecule has 2 aromatic rings. The van der Waals surface area contributed by atoms with Crippen molar-refractivity contribution in [2.75, 3.05) is 20.1 Å². The zero-order valence-electron chi connectivity index (χ0n) is 23.2. The Kier molecular flexibility index (Phi) is 6.54. The zero-order valence-corrected chi connectivity index (χ0v) is 23.2. The second kappa shape index (κ2) is 9.63. The molecule has 1 saturated heterocycles. The summed E-state index contributed by atoms with van der Waals surface area (Å²) in [7, 11) is 1.68. The highest BCUT2D eigenvalue weighted by Crippen LogP contribution is 2.67. The first kappa shape index (κ1) is 27.8. The van der Waals surface area contributed by atoms with Gasteiger partial charge in [-0.15, -0.1) is 6.58 Å². The molecule has 6 rings (SSSR count). The predicted octanol–water partition coefficient (Wildman–Crippen LogP) is 4.93. The number of carbonyl (C=O) groups excluding carboxylic acids is 1. The van der Waals surface area contributed by atoms with Crippen LogP contribution in [0.1, 0.15) is 48.4 Å². The number of amides is 1. The number of aliphatic hydroxyl groups is 1. The zero-order chi connectivity index (χ0) is 29.3. The molecule has 0 aromatic heterocycles. The summed E-state index contributed by atoms with van der Waals surface area (Å²) < 4.78 is 46.1. The van der Waals surface area contributed by atoms with Gasteiger partial charge in [0, 0.05) is 31.3 Å². The van der Waals surface area contributed by atoms with Crippen LogP contribution in [0.15, 0.2) is 55.1 Å². The number of phenols is 1. The molecule has 2 heterocycles. The van der Waals surface area contributed by atoms with Gasteiger partial charge in [-0.2, -0.15) is 13.2 Å². The van der Waals surface area contributed by atoms with Crippen molar-refractivity contribution in [3.8, 4) is 11.5 Å². The van der Waals surface area contributed by atoms with Crippen LogP contribution in [0.3, 0.4) is 0 Å². The van der Waals surface area contributed by atoms with Crippen LogP contribution < -0.4 is 4.74 Å². The van der Waals surface area contributed by atoms with Crippen molar-refractivity contribution in [2.45, 2.75) is 68.0 Å². The largest absolute Gasteiger partial charge is 0.504 e. The van der Waals surface area contributed by atoms with E-state index in [9.17, 15) is 28.2 Å². The molecule has 41 heavy (non-hydrogen) atoms. The van der Waals surface area contributed by atoms with E-state index >= 15 is 0 Å². The van der Waals surface area contributed by atoms with Crippen LogP contribution in [-0.2, 0) is 22.8 Å². The van der Waals surface area contributed by atoms with Gasteiger partial charge in [0.15, 0.2) is 11.5 Å². The van der Waals surface area contributed by atoms with Crippen molar-refractivity contribution in [3.63, 3.8) is 0 Å². The Morgan fingerprint density at radius 3 is 2.78 bits per heavy atom. The van der Waals surface area contributed by atoms with Crippen LogP contribution in [0.2, 0.25) is 0 Å². The van der Waals surface area contributed by atoms with E-state index in [4.69, 9.17) is 4.74 Å². The lowest BCUT2D eigenvalue weighted by atomic mass is 9.45. The topological polar surface area (TPSA) is 73.2 Å². The predicted molar refractivity (Wildman–Crippen MR) is 148 cm³/mol. The number of rotatable bonds is 6. The number of nitrogens with zero attached hydrogens (tertiary/aromatic N) is 2. The molecule has 2 fully saturated rings. The van der Waals surface area contributed by atoms with E-state index in [2.05, 4.69) is 11.5 Å². The number of likely N-dealkylation sites (N-methyl/N-ethyl adjacent to an activating group) is 1. The number of benzene rings is 2. The van der Waals surface area contributed by atoms with Gasteiger partial charge in [-0.05, 0) is 67.1 Å². The van der Waals surface area contributed by atoms with Crippen molar-refractivity contribution < 1.29 is 32.9 Å². The van der Waals surface area contributed by atoms with Gasteiger partial charge in [0.05, 0.1) is 22.6 Å². The number of aromatic hydroxyl groups is 1. The molecule has 0 unspecified atom stereocenters. The number of phenolic OH excluding ortho intramolecular Hbond substituents is 1. The molecule has 218 valence electrons. The lowest BCUT2D eigenvalue weighted by Gasteiger charge is -2.67. The SMILES string of the molecule is C=CCN1CC[C@]23c4c5ccc(O)c4O[C@H]2[C@H](N(C)C(=O)C=Cc2cccc(C(F)(F)F)c2)C[C@H](CC)[C@@]3(O)[C@H]1C5. The van der Waals surface area contributed by atoms with Crippen molar-refractivity contribution in [1.82, 2.24) is 9.80 Å². The van der Waals surface area contributed by atoms with Crippen molar-refractivity contribution in [3.05, 3.63) is 77.4 Å². The van der Waals surface area contributed by atoms with Crippen LogP contribution >= 0.6 is 0 Å². The second-order valence-corrected chi connectivity index (χ2v) is 11.9. The van der Waals surface area contributed by atoms with Crippen molar-refractivity contribution in [2.24, 2.45) is 5.92 Å². The van der Waals surface area contributed by atoms with Gasteiger partial charge in [0.2, 0.25) is 5.91 Å². The molecule has 2 bridgehead atoms. The van der Waals surface area contributed by atoms with Crippen LogP contribution in [0.4, 0.5) is 13.2 Å². The lowest BCUT2D eigenvalue weighted by molar-refractivity contribution is -0.226. The Hall–Kier alpha value is -3.30. The third kappa shape index (κ3) is 3.88. The average Bonchev–Trinajstić information content (AvgIpc) is 3.29. The Balaban J connectivity index is 1.39. The van der Waals surface area contributed by atoms with Gasteiger partial charge in [0.1, 0.15) is 6.10 Å². The molecule has 1 spiro atoms. The van der Waals surface area contributed by atoms with E-state index in [0.29, 0.717) is 44.5 Å². The van der Waals surface area contributed by atoms with Crippen molar-refractivity contribution in [1.29, 1.82) is 0 Å². The van der Waals surface area contributed by atoms with E-state index in [1.54, 1.807) is 18.0 Å². The molecular weight excluding hydrogens is 533 g/mol. The summed E-state index contributed by atoms with van der Waals surface area (Å²) in [5, 5.41) is 23.8. The van der Waals surface area contributed by atoms with Gasteiger partial charge in [-0.25, -0.2) is 0 Å². The second-order valence-electron chi connectivity index (χ2n) is 11.9. The average molecular weight is 569 g/mol. The van der Waals surface area contributed by atoms with Gasteiger partial charge < -0.3 is 19.8 Å². The molecular formula is C32H35F3N2O4. The van der Waals surface area contributed by atoms with E-state index in [-0.39, 0.29) is 29.2 Å². The van der Waals surface area contributed by atoms with Crippen molar-refractivity contribution >= 4 is 12.0 Å². The third-order valence-corrected chi connectivity index (χ3v) is 10.1. The number of ether oxygens (including phenoxy) is 1. The van der Waals surface area contributed by atoms with Gasteiger partial charge in [-0.1, -0.05) is 37.6 Å². The van der Waals surface area contributed by atoms with Crippen LogP contribution in [-0.4, -0.2) is 69.8 Å². The number of likely N-dealkylation sites (tertiary alicyclic amines) is 1. The summed E-state index contributed by atoms with van der Waals surface area (Å²) in [6.07, 6.45) is 1.86. The molecule has 1 saturated carbocycles. The number of piperidine rings is 1. The van der Waals surface area contributed by atoms with Gasteiger partial charge >= 0.3 is 6.18 Å². The standard InChI is InChI=1S/C32H35F3N2O4/c1-4-14-37-15-13-30-27-20-10-11-24(38)28(27)41-29(30)23(18-21(5-2)31(30,40)25(37)17-20)36(3)26(39)12-9-19-7-6-8-22(16-19)32(33,34)35/h4,6-12,16,21,23,25,29,38,40H,1,5,13-15,17-18H2,2-3H3/t21-,23+,25+,29-,30-,31+/m0/s1. The summed E-state index contributed by atoms with van der Waals surface area (Å²) >= 11 is 0. The lowest BCUT2D eigenvalue weighted by Crippen LogP contribution is -2.80. The maximum absolute atomic E-state index is 13.5. The number of carbonyl (C=O) groups is 1. The summed E-state index contributed by atoms with van der Waals surface area (Å²) in [4.78, 5) is 17.4. The first-order valence-electron chi connectivity index (χ1n) is 14.2. The Morgan fingerprint density at radius 1 is 1.29 bits per heavy atom. The molecule has 2 N–H and O–H groups in total. The molecule has 6 atom stereocenters. The Morgan fingerprint density at radius 2 is 2.07 bits per heavy atom. The van der Waals surface area contributed by atoms with E-state index in [1.807, 2.05) is 19.1 Å². The molecule has 0 radical (unpaired) electrons. The summed E-state index contributed by atoms with van der Waals surface area (Å²) in [6, 6.07) is 7.80. The maximum atomic E-state index is 13.5. The molecule has 6 nitrogen and oxygen atoms in total. The number of hydrogen-bond acceptors (Lipinski definition) is 5. The highest BCUT2D eigenvalue weighted by atomic mass is 19.4. The van der Waals surface area contributed by atoms with Gasteiger partial charge in [-0.3, -0.25) is 9.69 Å². The number of alkyl halides is 3. The highest BCUT2D eigenvalue weighted by molar-refractivity contribution is 5.92.